The summed E-state index contributed by atoms with van der Waals surface area (Å²) in [5.41, 5.74) is 7.76. The first-order valence-corrected chi connectivity index (χ1v) is 12.8. The molecule has 2 heterocycles. The second kappa shape index (κ2) is 8.42. The molecule has 0 bridgehead atoms. The van der Waals surface area contributed by atoms with Crippen molar-refractivity contribution in [2.24, 2.45) is 5.41 Å². The van der Waals surface area contributed by atoms with Gasteiger partial charge in [0.15, 0.2) is 0 Å². The van der Waals surface area contributed by atoms with Gasteiger partial charge in [0.1, 0.15) is 5.75 Å². The number of nitrogens with one attached hydrogen (secondary N) is 2. The van der Waals surface area contributed by atoms with E-state index in [1.165, 1.54) is 64.3 Å². The van der Waals surface area contributed by atoms with Crippen LogP contribution in [0.25, 0.3) is 21.8 Å². The molecule has 0 spiro atoms. The minimum atomic E-state index is 0.230. The summed E-state index contributed by atoms with van der Waals surface area (Å²) >= 11 is 0. The van der Waals surface area contributed by atoms with Crippen LogP contribution in [0.3, 0.4) is 0 Å². The topological polar surface area (TPSA) is 49.9 Å². The summed E-state index contributed by atoms with van der Waals surface area (Å²) in [4.78, 5) is 9.15. The van der Waals surface area contributed by atoms with Crippen LogP contribution < -0.4 is 10.1 Å². The van der Waals surface area contributed by atoms with Gasteiger partial charge in [0.05, 0.1) is 18.3 Å². The van der Waals surface area contributed by atoms with Gasteiger partial charge in [-0.3, -0.25) is 4.98 Å². The molecule has 0 saturated heterocycles. The summed E-state index contributed by atoms with van der Waals surface area (Å²) < 4.78 is 5.36. The lowest BCUT2D eigenvalue weighted by Crippen LogP contribution is -2.38. The van der Waals surface area contributed by atoms with Crippen molar-refractivity contribution in [1.82, 2.24) is 15.3 Å². The summed E-state index contributed by atoms with van der Waals surface area (Å²) in [5, 5.41) is 6.80. The molecule has 2 aromatic carbocycles. The first-order valence-electron chi connectivity index (χ1n) is 12.8. The largest absolute Gasteiger partial charge is 0.497 e. The maximum atomic E-state index is 5.39. The van der Waals surface area contributed by atoms with Crippen molar-refractivity contribution in [1.29, 1.82) is 0 Å². The van der Waals surface area contributed by atoms with E-state index in [-0.39, 0.29) is 5.41 Å². The van der Waals surface area contributed by atoms with E-state index in [2.05, 4.69) is 60.5 Å². The molecule has 1 saturated carbocycles. The zero-order chi connectivity index (χ0) is 23.3. The number of ether oxygens (including phenoxy) is 1. The maximum absolute atomic E-state index is 5.39. The number of aromatic nitrogens is 2. The lowest BCUT2D eigenvalue weighted by molar-refractivity contribution is 0.243. The predicted molar refractivity (Wildman–Crippen MR) is 140 cm³/mol. The highest BCUT2D eigenvalue weighted by atomic mass is 16.5. The summed E-state index contributed by atoms with van der Waals surface area (Å²) in [6.07, 6.45) is 8.28. The highest BCUT2D eigenvalue weighted by molar-refractivity contribution is 6.10. The van der Waals surface area contributed by atoms with Crippen molar-refractivity contribution in [2.75, 3.05) is 7.11 Å². The predicted octanol–water partition coefficient (Wildman–Crippen LogP) is 6.86. The van der Waals surface area contributed by atoms with Gasteiger partial charge in [-0.1, -0.05) is 57.0 Å². The van der Waals surface area contributed by atoms with Crippen molar-refractivity contribution in [2.45, 2.75) is 70.9 Å². The van der Waals surface area contributed by atoms with Crippen LogP contribution in [-0.2, 0) is 12.8 Å². The Morgan fingerprint density at radius 1 is 1.06 bits per heavy atom. The molecule has 0 radical (unpaired) electrons. The Morgan fingerprint density at radius 3 is 2.59 bits per heavy atom. The number of para-hydroxylation sites is 1. The van der Waals surface area contributed by atoms with E-state index in [1.807, 2.05) is 12.1 Å². The standard InChI is InChI=1S/C30H35N3O/c1-30(2)17-25(31-20-8-4-5-9-20)28-26(18-30)32-24(16-19-12-14-21(34-3)15-13-19)29-27(28)22-10-6-7-11-23(22)33-29/h6-7,10-15,20,25,31,33H,4-5,8-9,16-18H2,1-3H3. The Morgan fingerprint density at radius 2 is 1.82 bits per heavy atom. The van der Waals surface area contributed by atoms with Crippen molar-refractivity contribution < 1.29 is 4.74 Å². The van der Waals surface area contributed by atoms with Crippen LogP contribution in [0.5, 0.6) is 5.75 Å². The molecular formula is C30H35N3O. The molecule has 176 valence electrons. The summed E-state index contributed by atoms with van der Waals surface area (Å²) in [7, 11) is 1.71. The van der Waals surface area contributed by atoms with Crippen LogP contribution in [0, 0.1) is 5.41 Å². The van der Waals surface area contributed by atoms with Crippen LogP contribution in [0.1, 0.15) is 74.5 Å². The summed E-state index contributed by atoms with van der Waals surface area (Å²) in [6.45, 7) is 4.81. The molecule has 1 unspecified atom stereocenters. The van der Waals surface area contributed by atoms with Gasteiger partial charge in [0, 0.05) is 46.1 Å². The number of pyridine rings is 1. The third-order valence-corrected chi connectivity index (χ3v) is 7.92. The van der Waals surface area contributed by atoms with Gasteiger partial charge < -0.3 is 15.0 Å². The fourth-order valence-corrected chi connectivity index (χ4v) is 6.34. The van der Waals surface area contributed by atoms with E-state index in [0.717, 1.165) is 30.7 Å². The van der Waals surface area contributed by atoms with E-state index in [1.54, 1.807) is 7.11 Å². The summed E-state index contributed by atoms with van der Waals surface area (Å²) in [6, 6.07) is 18.1. The van der Waals surface area contributed by atoms with Crippen LogP contribution >= 0.6 is 0 Å². The molecule has 34 heavy (non-hydrogen) atoms. The van der Waals surface area contributed by atoms with E-state index in [4.69, 9.17) is 9.72 Å². The van der Waals surface area contributed by atoms with Crippen molar-refractivity contribution in [3.8, 4) is 5.75 Å². The molecule has 2 N–H and O–H groups in total. The molecule has 6 rings (SSSR count). The van der Waals surface area contributed by atoms with Crippen molar-refractivity contribution in [3.63, 3.8) is 0 Å². The second-order valence-electron chi connectivity index (χ2n) is 11.1. The normalized spacial score (nSPS) is 20.1. The van der Waals surface area contributed by atoms with E-state index in [0.29, 0.717) is 12.1 Å². The Labute approximate surface area is 202 Å². The number of hydrogen-bond acceptors (Lipinski definition) is 3. The first-order chi connectivity index (χ1) is 16.5. The van der Waals surface area contributed by atoms with Crippen LogP contribution in [0.4, 0.5) is 0 Å². The highest BCUT2D eigenvalue weighted by Gasteiger charge is 2.37. The van der Waals surface area contributed by atoms with E-state index < -0.39 is 0 Å². The van der Waals surface area contributed by atoms with Crippen molar-refractivity contribution >= 4 is 21.8 Å². The van der Waals surface area contributed by atoms with Gasteiger partial charge >= 0.3 is 0 Å². The third kappa shape index (κ3) is 3.88. The smallest absolute Gasteiger partial charge is 0.118 e. The number of fused-ring (bicyclic) bond motifs is 5. The Kier molecular flexibility index (Phi) is 5.37. The minimum absolute atomic E-state index is 0.230. The highest BCUT2D eigenvalue weighted by Crippen LogP contribution is 2.46. The monoisotopic (exact) mass is 453 g/mol. The first kappa shape index (κ1) is 21.7. The Hall–Kier alpha value is -2.85. The van der Waals surface area contributed by atoms with Gasteiger partial charge in [-0.15, -0.1) is 0 Å². The Balaban J connectivity index is 1.53. The van der Waals surface area contributed by atoms with Gasteiger partial charge in [-0.2, -0.15) is 0 Å². The zero-order valence-electron chi connectivity index (χ0n) is 20.6. The average molecular weight is 454 g/mol. The molecular weight excluding hydrogens is 418 g/mol. The van der Waals surface area contributed by atoms with Gasteiger partial charge in [-0.25, -0.2) is 0 Å². The third-order valence-electron chi connectivity index (χ3n) is 7.92. The van der Waals surface area contributed by atoms with Gasteiger partial charge in [0.25, 0.3) is 0 Å². The number of nitrogens with zero attached hydrogens (tertiary/aromatic N) is 1. The SMILES string of the molecule is COc1ccc(Cc2nc3c(c4c2[nH]c2ccccc24)C(NC2CCCC2)CC(C)(C)C3)cc1. The van der Waals surface area contributed by atoms with E-state index >= 15 is 0 Å². The second-order valence-corrected chi connectivity index (χ2v) is 11.1. The molecule has 2 aromatic heterocycles. The number of hydrogen-bond donors (Lipinski definition) is 2. The van der Waals surface area contributed by atoms with Gasteiger partial charge in [-0.05, 0) is 54.9 Å². The van der Waals surface area contributed by atoms with Crippen LogP contribution in [0.15, 0.2) is 48.5 Å². The number of rotatable bonds is 5. The van der Waals surface area contributed by atoms with Crippen LogP contribution in [-0.4, -0.2) is 23.1 Å². The zero-order valence-corrected chi connectivity index (χ0v) is 20.6. The molecule has 2 aliphatic carbocycles. The number of methoxy groups -OCH3 is 1. The lowest BCUT2D eigenvalue weighted by atomic mass is 9.72. The lowest BCUT2D eigenvalue weighted by Gasteiger charge is -2.39. The number of H-pyrrole nitrogens is 1. The van der Waals surface area contributed by atoms with Crippen molar-refractivity contribution in [3.05, 3.63) is 71.0 Å². The van der Waals surface area contributed by atoms with Crippen LogP contribution in [0.2, 0.25) is 0 Å². The molecule has 0 aliphatic heterocycles. The minimum Gasteiger partial charge on any atom is -0.497 e. The molecule has 1 fully saturated rings. The molecule has 4 heteroatoms. The molecule has 2 aliphatic rings. The van der Waals surface area contributed by atoms with Gasteiger partial charge in [0.2, 0.25) is 0 Å². The fraction of sp³-hybridized carbons (Fsp3) is 0.433. The summed E-state index contributed by atoms with van der Waals surface area (Å²) in [5.74, 6) is 0.889. The van der Waals surface area contributed by atoms with E-state index in [9.17, 15) is 0 Å². The number of benzene rings is 2. The number of aromatic amines is 1. The molecule has 0 amide bonds. The molecule has 4 nitrogen and oxygen atoms in total. The molecule has 4 aromatic rings. The average Bonchev–Trinajstić information content (AvgIpc) is 3.47. The Bertz CT molecular complexity index is 1330. The quantitative estimate of drug-likeness (QED) is 0.347. The maximum Gasteiger partial charge on any atom is 0.118 e. The molecule has 1 atom stereocenters. The fourth-order valence-electron chi connectivity index (χ4n) is 6.34.